The number of hydrogen-bond acceptors (Lipinski definition) is 2. The third-order valence-electron chi connectivity index (χ3n) is 1.50. The van der Waals surface area contributed by atoms with Gasteiger partial charge in [0.1, 0.15) is 0 Å². The van der Waals surface area contributed by atoms with Crippen molar-refractivity contribution in [2.45, 2.75) is 33.3 Å². The van der Waals surface area contributed by atoms with Crippen molar-refractivity contribution >= 4 is 0 Å². The molecule has 0 aromatic heterocycles. The van der Waals surface area contributed by atoms with Gasteiger partial charge in [-0.3, -0.25) is 0 Å². The quantitative estimate of drug-likeness (QED) is 0.618. The van der Waals surface area contributed by atoms with E-state index in [-0.39, 0.29) is 11.5 Å². The van der Waals surface area contributed by atoms with Crippen molar-refractivity contribution < 1.29 is 5.11 Å². The maximum absolute atomic E-state index is 9.09. The summed E-state index contributed by atoms with van der Waals surface area (Å²) in [5, 5.41) is 12.2. The Kier molecular flexibility index (Phi) is 3.91. The van der Waals surface area contributed by atoms with Gasteiger partial charge < -0.3 is 10.4 Å². The van der Waals surface area contributed by atoms with E-state index >= 15 is 0 Å². The molecule has 0 amide bonds. The molecular formula is C8H19NO. The van der Waals surface area contributed by atoms with Crippen molar-refractivity contribution in [2.24, 2.45) is 5.41 Å². The molecule has 0 saturated heterocycles. The molecule has 0 aliphatic rings. The van der Waals surface area contributed by atoms with E-state index in [1.807, 2.05) is 14.0 Å². The van der Waals surface area contributed by atoms with Crippen LogP contribution in [0.3, 0.4) is 0 Å². The molecule has 2 heteroatoms. The highest BCUT2D eigenvalue weighted by Crippen LogP contribution is 2.20. The summed E-state index contributed by atoms with van der Waals surface area (Å²) >= 11 is 0. The van der Waals surface area contributed by atoms with Crippen LogP contribution in [0.2, 0.25) is 0 Å². The first-order valence-electron chi connectivity index (χ1n) is 3.80. The molecule has 1 unspecified atom stereocenters. The summed E-state index contributed by atoms with van der Waals surface area (Å²) in [5.41, 5.74) is 0.211. The molecule has 0 aromatic carbocycles. The van der Waals surface area contributed by atoms with Gasteiger partial charge in [-0.05, 0) is 25.8 Å². The van der Waals surface area contributed by atoms with Crippen LogP contribution in [0.5, 0.6) is 0 Å². The van der Waals surface area contributed by atoms with E-state index < -0.39 is 0 Å². The Morgan fingerprint density at radius 1 is 1.50 bits per heavy atom. The van der Waals surface area contributed by atoms with Gasteiger partial charge in [0.15, 0.2) is 0 Å². The van der Waals surface area contributed by atoms with Crippen molar-refractivity contribution in [2.75, 3.05) is 13.6 Å². The molecule has 0 radical (unpaired) electrons. The molecule has 0 aliphatic heterocycles. The lowest BCUT2D eigenvalue weighted by atomic mass is 9.87. The van der Waals surface area contributed by atoms with Crippen LogP contribution in [0.15, 0.2) is 0 Å². The highest BCUT2D eigenvalue weighted by atomic mass is 16.3. The molecule has 2 nitrogen and oxygen atoms in total. The molecule has 2 N–H and O–H groups in total. The second-order valence-electron chi connectivity index (χ2n) is 3.75. The topological polar surface area (TPSA) is 32.3 Å². The standard InChI is InChI=1S/C8H19NO/c1-7(10)5-8(2,3)6-9-4/h7,9-10H,5-6H2,1-4H3. The van der Waals surface area contributed by atoms with Crippen LogP contribution in [-0.4, -0.2) is 24.8 Å². The fraction of sp³-hybridized carbons (Fsp3) is 1.00. The minimum Gasteiger partial charge on any atom is -0.393 e. The third kappa shape index (κ3) is 4.77. The number of aliphatic hydroxyl groups excluding tert-OH is 1. The average Bonchev–Trinajstić information content (AvgIpc) is 1.59. The molecule has 0 spiro atoms. The van der Waals surface area contributed by atoms with Crippen molar-refractivity contribution in [3.8, 4) is 0 Å². The molecule has 0 heterocycles. The summed E-state index contributed by atoms with van der Waals surface area (Å²) in [7, 11) is 1.93. The maximum Gasteiger partial charge on any atom is 0.0517 e. The molecule has 0 rings (SSSR count). The van der Waals surface area contributed by atoms with Crippen molar-refractivity contribution in [3.05, 3.63) is 0 Å². The predicted molar refractivity (Wildman–Crippen MR) is 44.0 cm³/mol. The van der Waals surface area contributed by atoms with Crippen LogP contribution in [0.4, 0.5) is 0 Å². The zero-order chi connectivity index (χ0) is 8.20. The average molecular weight is 145 g/mol. The van der Waals surface area contributed by atoms with Crippen LogP contribution in [0.25, 0.3) is 0 Å². The molecule has 10 heavy (non-hydrogen) atoms. The Balaban J connectivity index is 3.63. The molecule has 1 atom stereocenters. The first-order chi connectivity index (χ1) is 4.48. The Bertz CT molecular complexity index is 89.3. The van der Waals surface area contributed by atoms with Gasteiger partial charge in [-0.15, -0.1) is 0 Å². The largest absolute Gasteiger partial charge is 0.393 e. The second-order valence-corrected chi connectivity index (χ2v) is 3.75. The molecule has 0 fully saturated rings. The Labute approximate surface area is 63.6 Å². The maximum atomic E-state index is 9.09. The van der Waals surface area contributed by atoms with E-state index in [2.05, 4.69) is 19.2 Å². The van der Waals surface area contributed by atoms with E-state index in [1.54, 1.807) is 0 Å². The minimum atomic E-state index is -0.191. The number of nitrogens with one attached hydrogen (secondary N) is 1. The second kappa shape index (κ2) is 3.94. The van der Waals surface area contributed by atoms with Gasteiger partial charge in [-0.25, -0.2) is 0 Å². The van der Waals surface area contributed by atoms with Crippen molar-refractivity contribution in [1.82, 2.24) is 5.32 Å². The molecule has 0 bridgehead atoms. The number of hydrogen-bond donors (Lipinski definition) is 2. The van der Waals surface area contributed by atoms with Gasteiger partial charge >= 0.3 is 0 Å². The first-order valence-corrected chi connectivity index (χ1v) is 3.80. The van der Waals surface area contributed by atoms with E-state index in [0.717, 1.165) is 13.0 Å². The highest BCUT2D eigenvalue weighted by molar-refractivity contribution is 4.72. The zero-order valence-corrected chi connectivity index (χ0v) is 7.44. The Morgan fingerprint density at radius 2 is 2.00 bits per heavy atom. The first kappa shape index (κ1) is 9.92. The van der Waals surface area contributed by atoms with Crippen LogP contribution >= 0.6 is 0 Å². The van der Waals surface area contributed by atoms with E-state index in [1.165, 1.54) is 0 Å². The fourth-order valence-electron chi connectivity index (χ4n) is 1.35. The Hall–Kier alpha value is -0.0800. The molecule has 62 valence electrons. The monoisotopic (exact) mass is 145 g/mol. The lowest BCUT2D eigenvalue weighted by Crippen LogP contribution is -2.29. The van der Waals surface area contributed by atoms with E-state index in [4.69, 9.17) is 5.11 Å². The fourth-order valence-corrected chi connectivity index (χ4v) is 1.35. The van der Waals surface area contributed by atoms with E-state index in [9.17, 15) is 0 Å². The van der Waals surface area contributed by atoms with Gasteiger partial charge in [0, 0.05) is 6.54 Å². The van der Waals surface area contributed by atoms with E-state index in [0.29, 0.717) is 0 Å². The minimum absolute atomic E-state index is 0.191. The van der Waals surface area contributed by atoms with Crippen LogP contribution < -0.4 is 5.32 Å². The third-order valence-corrected chi connectivity index (χ3v) is 1.50. The van der Waals surface area contributed by atoms with Crippen LogP contribution in [0, 0.1) is 5.41 Å². The van der Waals surface area contributed by atoms with Gasteiger partial charge in [0.2, 0.25) is 0 Å². The van der Waals surface area contributed by atoms with Crippen LogP contribution in [0.1, 0.15) is 27.2 Å². The van der Waals surface area contributed by atoms with Crippen LogP contribution in [-0.2, 0) is 0 Å². The van der Waals surface area contributed by atoms with Crippen molar-refractivity contribution in [1.29, 1.82) is 0 Å². The lowest BCUT2D eigenvalue weighted by molar-refractivity contribution is 0.129. The van der Waals surface area contributed by atoms with Crippen molar-refractivity contribution in [3.63, 3.8) is 0 Å². The predicted octanol–water partition coefficient (Wildman–Crippen LogP) is 1.00. The number of aliphatic hydroxyl groups is 1. The lowest BCUT2D eigenvalue weighted by Gasteiger charge is -2.25. The summed E-state index contributed by atoms with van der Waals surface area (Å²) in [6.07, 6.45) is 0.664. The molecule has 0 aliphatic carbocycles. The summed E-state index contributed by atoms with van der Waals surface area (Å²) in [6, 6.07) is 0. The normalized spacial score (nSPS) is 15.3. The van der Waals surface area contributed by atoms with Gasteiger partial charge in [0.05, 0.1) is 6.10 Å². The van der Waals surface area contributed by atoms with Gasteiger partial charge in [-0.2, -0.15) is 0 Å². The molecular weight excluding hydrogens is 126 g/mol. The number of rotatable bonds is 4. The Morgan fingerprint density at radius 3 is 2.30 bits per heavy atom. The van der Waals surface area contributed by atoms with Gasteiger partial charge in [0.25, 0.3) is 0 Å². The summed E-state index contributed by atoms with van der Waals surface area (Å²) < 4.78 is 0. The summed E-state index contributed by atoms with van der Waals surface area (Å²) in [6.45, 7) is 7.09. The highest BCUT2D eigenvalue weighted by Gasteiger charge is 2.18. The summed E-state index contributed by atoms with van der Waals surface area (Å²) in [4.78, 5) is 0. The summed E-state index contributed by atoms with van der Waals surface area (Å²) in [5.74, 6) is 0. The SMILES string of the molecule is CNCC(C)(C)CC(C)O. The molecule has 0 aromatic rings. The van der Waals surface area contributed by atoms with Gasteiger partial charge in [-0.1, -0.05) is 13.8 Å². The zero-order valence-electron chi connectivity index (χ0n) is 7.44. The smallest absolute Gasteiger partial charge is 0.0517 e. The molecule has 0 saturated carbocycles.